The first kappa shape index (κ1) is 12.5. The summed E-state index contributed by atoms with van der Waals surface area (Å²) in [6.45, 7) is 0. The van der Waals surface area contributed by atoms with Crippen LogP contribution in [0.25, 0.3) is 0 Å². The van der Waals surface area contributed by atoms with E-state index in [0.29, 0.717) is 18.0 Å². The summed E-state index contributed by atoms with van der Waals surface area (Å²) >= 11 is 4.50. The van der Waals surface area contributed by atoms with E-state index in [-0.39, 0.29) is 0 Å². The molecular formula is C10H11BrN2O3S. The van der Waals surface area contributed by atoms with Crippen molar-refractivity contribution in [3.63, 3.8) is 0 Å². The van der Waals surface area contributed by atoms with Gasteiger partial charge in [0.15, 0.2) is 5.13 Å². The van der Waals surface area contributed by atoms with Crippen molar-refractivity contribution in [2.24, 2.45) is 5.41 Å². The average Bonchev–Trinajstić information content (AvgIpc) is 2.87. The number of anilines is 1. The summed E-state index contributed by atoms with van der Waals surface area (Å²) < 4.78 is 0.795. The lowest BCUT2D eigenvalue weighted by molar-refractivity contribution is -0.153. The van der Waals surface area contributed by atoms with Gasteiger partial charge >= 0.3 is 5.97 Å². The van der Waals surface area contributed by atoms with E-state index in [1.54, 1.807) is 6.20 Å². The molecule has 7 heteroatoms. The Hall–Kier alpha value is -0.950. The fourth-order valence-electron chi connectivity index (χ4n) is 2.05. The molecule has 1 heterocycles. The smallest absolute Gasteiger partial charge is 0.319 e. The maximum atomic E-state index is 12.0. The highest BCUT2D eigenvalue weighted by Crippen LogP contribution is 2.39. The third-order valence-corrected chi connectivity index (χ3v) is 4.39. The zero-order valence-corrected chi connectivity index (χ0v) is 11.3. The number of nitrogens with zero attached hydrogens (tertiary/aromatic N) is 1. The lowest BCUT2D eigenvalue weighted by atomic mass is 9.85. The molecule has 0 aliphatic heterocycles. The van der Waals surface area contributed by atoms with Gasteiger partial charge in [0.1, 0.15) is 5.41 Å². The summed E-state index contributed by atoms with van der Waals surface area (Å²) in [6.07, 6.45) is 3.94. The number of aliphatic carboxylic acids is 1. The van der Waals surface area contributed by atoms with Crippen LogP contribution in [0.15, 0.2) is 9.98 Å². The lowest BCUT2D eigenvalue weighted by Gasteiger charge is -2.21. The van der Waals surface area contributed by atoms with E-state index in [1.807, 2.05) is 0 Å². The van der Waals surface area contributed by atoms with Gasteiger partial charge in [-0.25, -0.2) is 4.98 Å². The second-order valence-corrected chi connectivity index (χ2v) is 6.43. The van der Waals surface area contributed by atoms with Crippen molar-refractivity contribution in [2.45, 2.75) is 25.7 Å². The largest absolute Gasteiger partial charge is 0.480 e. The van der Waals surface area contributed by atoms with Crippen LogP contribution in [-0.2, 0) is 9.59 Å². The van der Waals surface area contributed by atoms with Crippen molar-refractivity contribution < 1.29 is 14.7 Å². The Kier molecular flexibility index (Phi) is 3.48. The zero-order chi connectivity index (χ0) is 12.5. The van der Waals surface area contributed by atoms with Crippen molar-refractivity contribution in [2.75, 3.05) is 5.32 Å². The number of hydrogen-bond acceptors (Lipinski definition) is 4. The SMILES string of the molecule is O=C(O)C1(C(=O)Nc2ncc(Br)s2)CCCC1. The molecule has 1 aromatic rings. The van der Waals surface area contributed by atoms with Crippen LogP contribution in [0.2, 0.25) is 0 Å². The molecule has 0 radical (unpaired) electrons. The van der Waals surface area contributed by atoms with Gasteiger partial charge in [0.05, 0.1) is 9.98 Å². The number of amides is 1. The molecule has 0 bridgehead atoms. The van der Waals surface area contributed by atoms with Crippen molar-refractivity contribution in [1.82, 2.24) is 4.98 Å². The average molecular weight is 319 g/mol. The number of rotatable bonds is 3. The number of carboxylic acid groups (broad SMARTS) is 1. The Morgan fingerprint density at radius 3 is 2.59 bits per heavy atom. The minimum atomic E-state index is -1.27. The molecule has 1 aliphatic carbocycles. The highest BCUT2D eigenvalue weighted by atomic mass is 79.9. The van der Waals surface area contributed by atoms with E-state index in [4.69, 9.17) is 0 Å². The number of aromatic nitrogens is 1. The molecule has 1 aromatic heterocycles. The number of hydrogen-bond donors (Lipinski definition) is 2. The molecule has 1 amide bonds. The molecule has 0 aromatic carbocycles. The predicted octanol–water partition coefficient (Wildman–Crippen LogP) is 2.49. The van der Waals surface area contributed by atoms with Crippen LogP contribution in [0.5, 0.6) is 0 Å². The first-order valence-electron chi connectivity index (χ1n) is 5.21. The maximum absolute atomic E-state index is 12.0. The Morgan fingerprint density at radius 1 is 1.47 bits per heavy atom. The van der Waals surface area contributed by atoms with Gasteiger partial charge in [-0.15, -0.1) is 0 Å². The summed E-state index contributed by atoms with van der Waals surface area (Å²) in [5, 5.41) is 12.2. The standard InChI is InChI=1S/C10H11BrN2O3S/c11-6-5-12-9(17-6)13-7(14)10(8(15)16)3-1-2-4-10/h5H,1-4H2,(H,15,16)(H,12,13,14). The molecule has 0 spiro atoms. The molecule has 1 aliphatic rings. The summed E-state index contributed by atoms with van der Waals surface area (Å²) in [4.78, 5) is 27.3. The topological polar surface area (TPSA) is 79.3 Å². The molecule has 0 saturated heterocycles. The summed E-state index contributed by atoms with van der Waals surface area (Å²) in [5.41, 5.74) is -1.27. The quantitative estimate of drug-likeness (QED) is 0.839. The van der Waals surface area contributed by atoms with Crippen molar-refractivity contribution >= 4 is 44.3 Å². The van der Waals surface area contributed by atoms with Crippen LogP contribution in [0.4, 0.5) is 5.13 Å². The highest BCUT2D eigenvalue weighted by molar-refractivity contribution is 9.11. The number of halogens is 1. The summed E-state index contributed by atoms with van der Waals surface area (Å²) in [7, 11) is 0. The molecule has 0 atom stereocenters. The molecule has 17 heavy (non-hydrogen) atoms. The Labute approximate surface area is 110 Å². The fourth-order valence-corrected chi connectivity index (χ4v) is 3.15. The van der Waals surface area contributed by atoms with Crippen LogP contribution in [0, 0.1) is 5.41 Å². The molecule has 5 nitrogen and oxygen atoms in total. The van der Waals surface area contributed by atoms with Gasteiger partial charge in [0, 0.05) is 0 Å². The van der Waals surface area contributed by atoms with Crippen molar-refractivity contribution in [1.29, 1.82) is 0 Å². The van der Waals surface area contributed by atoms with Gasteiger partial charge in [-0.3, -0.25) is 9.59 Å². The van der Waals surface area contributed by atoms with E-state index in [1.165, 1.54) is 11.3 Å². The van der Waals surface area contributed by atoms with Crippen LogP contribution in [0.1, 0.15) is 25.7 Å². The lowest BCUT2D eigenvalue weighted by Crippen LogP contribution is -2.40. The summed E-state index contributed by atoms with van der Waals surface area (Å²) in [5.74, 6) is -1.49. The van der Waals surface area contributed by atoms with Crippen LogP contribution in [0.3, 0.4) is 0 Å². The number of carboxylic acids is 1. The second-order valence-electron chi connectivity index (χ2n) is 4.02. The molecule has 0 unspecified atom stereocenters. The second kappa shape index (κ2) is 4.73. The monoisotopic (exact) mass is 318 g/mol. The predicted molar refractivity (Wildman–Crippen MR) is 67.0 cm³/mol. The zero-order valence-electron chi connectivity index (χ0n) is 8.90. The maximum Gasteiger partial charge on any atom is 0.319 e. The minimum absolute atomic E-state index is 0.403. The van der Waals surface area contributed by atoms with Gasteiger partial charge in [-0.1, -0.05) is 24.2 Å². The number of thiazole rings is 1. The Balaban J connectivity index is 2.15. The molecule has 1 saturated carbocycles. The van der Waals surface area contributed by atoms with Gasteiger partial charge in [-0.2, -0.15) is 0 Å². The normalized spacial score (nSPS) is 17.9. The van der Waals surface area contributed by atoms with E-state index in [0.717, 1.165) is 16.6 Å². The third kappa shape index (κ3) is 2.35. The molecule has 1 fully saturated rings. The first-order chi connectivity index (χ1) is 8.04. The highest BCUT2D eigenvalue weighted by Gasteiger charge is 2.48. The number of nitrogens with one attached hydrogen (secondary N) is 1. The van der Waals surface area contributed by atoms with E-state index in [9.17, 15) is 14.7 Å². The van der Waals surface area contributed by atoms with E-state index in [2.05, 4.69) is 26.2 Å². The fraction of sp³-hybridized carbons (Fsp3) is 0.500. The molecular weight excluding hydrogens is 308 g/mol. The Morgan fingerprint density at radius 2 is 2.12 bits per heavy atom. The third-order valence-electron chi connectivity index (χ3n) is 3.00. The van der Waals surface area contributed by atoms with Crippen LogP contribution >= 0.6 is 27.3 Å². The number of carbonyl (C=O) groups excluding carboxylic acids is 1. The van der Waals surface area contributed by atoms with E-state index < -0.39 is 17.3 Å². The van der Waals surface area contributed by atoms with Gasteiger partial charge in [-0.05, 0) is 28.8 Å². The van der Waals surface area contributed by atoms with Gasteiger partial charge in [0.25, 0.3) is 0 Å². The van der Waals surface area contributed by atoms with E-state index >= 15 is 0 Å². The van der Waals surface area contributed by atoms with Gasteiger partial charge in [0.2, 0.25) is 5.91 Å². The molecule has 92 valence electrons. The molecule has 2 N–H and O–H groups in total. The van der Waals surface area contributed by atoms with Crippen molar-refractivity contribution in [3.8, 4) is 0 Å². The first-order valence-corrected chi connectivity index (χ1v) is 6.82. The Bertz CT molecular complexity index is 454. The van der Waals surface area contributed by atoms with Crippen molar-refractivity contribution in [3.05, 3.63) is 9.98 Å². The van der Waals surface area contributed by atoms with Gasteiger partial charge < -0.3 is 10.4 Å². The van der Waals surface area contributed by atoms with Crippen LogP contribution in [-0.4, -0.2) is 22.0 Å². The van der Waals surface area contributed by atoms with Crippen LogP contribution < -0.4 is 5.32 Å². The molecule has 2 rings (SSSR count). The number of carbonyl (C=O) groups is 2. The summed E-state index contributed by atoms with van der Waals surface area (Å²) in [6, 6.07) is 0. The minimum Gasteiger partial charge on any atom is -0.480 e.